The van der Waals surface area contributed by atoms with Gasteiger partial charge in [-0.1, -0.05) is 36.7 Å². The average Bonchev–Trinajstić information content (AvgIpc) is 3.34. The van der Waals surface area contributed by atoms with Crippen LogP contribution in [0, 0.1) is 0 Å². The first-order valence-electron chi connectivity index (χ1n) is 10.3. The lowest BCUT2D eigenvalue weighted by atomic mass is 10.1. The number of carbonyl (C=O) groups is 2. The van der Waals surface area contributed by atoms with Gasteiger partial charge in [0.15, 0.2) is 0 Å². The van der Waals surface area contributed by atoms with Crippen LogP contribution in [0.25, 0.3) is 0 Å². The van der Waals surface area contributed by atoms with Crippen LogP contribution in [0.5, 0.6) is 0 Å². The van der Waals surface area contributed by atoms with E-state index in [2.05, 4.69) is 17.1 Å². The van der Waals surface area contributed by atoms with Crippen LogP contribution in [0.1, 0.15) is 32.5 Å². The molecule has 1 fully saturated rings. The monoisotopic (exact) mass is 453 g/mol. The van der Waals surface area contributed by atoms with Gasteiger partial charge in [-0.15, -0.1) is 11.3 Å². The molecule has 1 saturated heterocycles. The van der Waals surface area contributed by atoms with Crippen molar-refractivity contribution in [2.45, 2.75) is 13.3 Å². The summed E-state index contributed by atoms with van der Waals surface area (Å²) in [5, 5.41) is 5.41. The lowest BCUT2D eigenvalue weighted by molar-refractivity contribution is 0.0751. The molecule has 0 aliphatic carbocycles. The van der Waals surface area contributed by atoms with Crippen LogP contribution in [0.3, 0.4) is 0 Å². The van der Waals surface area contributed by atoms with Crippen LogP contribution in [0.15, 0.2) is 60.0 Å². The number of carbonyl (C=O) groups excluding carboxylic acids is 2. The second kappa shape index (κ2) is 9.54. The number of hydrogen-bond donors (Lipinski definition) is 1. The molecule has 1 aliphatic heterocycles. The Morgan fingerprint density at radius 1 is 1.03 bits per heavy atom. The van der Waals surface area contributed by atoms with E-state index in [9.17, 15) is 9.59 Å². The molecule has 0 bridgehead atoms. The molecule has 7 heteroatoms. The van der Waals surface area contributed by atoms with Crippen LogP contribution in [0.4, 0.5) is 11.4 Å². The smallest absolute Gasteiger partial charge is 0.264 e. The van der Waals surface area contributed by atoms with Crippen molar-refractivity contribution in [1.82, 2.24) is 4.90 Å². The molecule has 0 unspecified atom stereocenters. The second-order valence-corrected chi connectivity index (χ2v) is 8.78. The quantitative estimate of drug-likeness (QED) is 0.579. The Morgan fingerprint density at radius 3 is 2.39 bits per heavy atom. The molecule has 31 heavy (non-hydrogen) atoms. The van der Waals surface area contributed by atoms with Crippen molar-refractivity contribution in [2.75, 3.05) is 36.4 Å². The van der Waals surface area contributed by atoms with Gasteiger partial charge in [0, 0.05) is 37.4 Å². The summed E-state index contributed by atoms with van der Waals surface area (Å²) in [4.78, 5) is 29.9. The summed E-state index contributed by atoms with van der Waals surface area (Å²) < 4.78 is 0. The van der Waals surface area contributed by atoms with E-state index in [0.717, 1.165) is 17.0 Å². The Hall–Kier alpha value is -2.83. The Bertz CT molecular complexity index is 1060. The zero-order chi connectivity index (χ0) is 21.8. The maximum atomic E-state index is 12.5. The highest BCUT2D eigenvalue weighted by atomic mass is 35.5. The minimum atomic E-state index is -0.160. The van der Waals surface area contributed by atoms with Gasteiger partial charge in [0.05, 0.1) is 15.6 Å². The van der Waals surface area contributed by atoms with Gasteiger partial charge < -0.3 is 15.1 Å². The van der Waals surface area contributed by atoms with Crippen molar-refractivity contribution in [2.24, 2.45) is 0 Å². The zero-order valence-corrected chi connectivity index (χ0v) is 18.9. The van der Waals surface area contributed by atoms with E-state index in [0.29, 0.717) is 42.5 Å². The summed E-state index contributed by atoms with van der Waals surface area (Å²) in [5.74, 6) is -0.0713. The molecule has 1 aromatic heterocycles. The standard InChI is InChI=1S/C24H24ClN3O2S/c1-2-17-5-7-18(8-6-17)23(29)26-19-9-10-21(20(25)16-19)27-11-13-28(14-12-27)24(30)22-4-3-15-31-22/h3-10,15-16H,2,11-14H2,1H3,(H,26,29). The van der Waals surface area contributed by atoms with Crippen LogP contribution >= 0.6 is 22.9 Å². The molecule has 0 saturated carbocycles. The van der Waals surface area contributed by atoms with Gasteiger partial charge in [-0.25, -0.2) is 0 Å². The summed E-state index contributed by atoms with van der Waals surface area (Å²) in [5.41, 5.74) is 3.38. The molecule has 0 radical (unpaired) electrons. The van der Waals surface area contributed by atoms with Crippen LogP contribution in [-0.4, -0.2) is 42.9 Å². The van der Waals surface area contributed by atoms with Crippen LogP contribution in [-0.2, 0) is 6.42 Å². The number of benzene rings is 2. The summed E-state index contributed by atoms with van der Waals surface area (Å²) >= 11 is 8.01. The van der Waals surface area contributed by atoms with Crippen molar-refractivity contribution in [3.8, 4) is 0 Å². The fourth-order valence-corrected chi connectivity index (χ4v) is 4.63. The van der Waals surface area contributed by atoms with Crippen molar-refractivity contribution in [3.05, 3.63) is 81.0 Å². The molecule has 0 atom stereocenters. The summed E-state index contributed by atoms with van der Waals surface area (Å²) in [7, 11) is 0. The van der Waals surface area contributed by atoms with E-state index >= 15 is 0 Å². The molecule has 4 rings (SSSR count). The van der Waals surface area contributed by atoms with Crippen LogP contribution in [0.2, 0.25) is 5.02 Å². The van der Waals surface area contributed by atoms with Gasteiger partial charge in [-0.3, -0.25) is 9.59 Å². The minimum Gasteiger partial charge on any atom is -0.367 e. The first kappa shape index (κ1) is 21.4. The van der Waals surface area contributed by atoms with Crippen molar-refractivity contribution < 1.29 is 9.59 Å². The van der Waals surface area contributed by atoms with E-state index in [1.165, 1.54) is 16.9 Å². The Labute approximate surface area is 191 Å². The van der Waals surface area contributed by atoms with E-state index in [4.69, 9.17) is 11.6 Å². The highest BCUT2D eigenvalue weighted by molar-refractivity contribution is 7.12. The predicted molar refractivity (Wildman–Crippen MR) is 128 cm³/mol. The summed E-state index contributed by atoms with van der Waals surface area (Å²) in [6, 6.07) is 16.9. The maximum Gasteiger partial charge on any atom is 0.264 e. The maximum absolute atomic E-state index is 12.5. The largest absolute Gasteiger partial charge is 0.367 e. The topological polar surface area (TPSA) is 52.7 Å². The lowest BCUT2D eigenvalue weighted by Gasteiger charge is -2.36. The van der Waals surface area contributed by atoms with E-state index in [1.54, 1.807) is 6.07 Å². The SMILES string of the molecule is CCc1ccc(C(=O)Nc2ccc(N3CCN(C(=O)c4cccs4)CC3)c(Cl)c2)cc1. The third-order valence-electron chi connectivity index (χ3n) is 5.47. The Morgan fingerprint density at radius 2 is 1.77 bits per heavy atom. The Balaban J connectivity index is 1.37. The number of aryl methyl sites for hydroxylation is 1. The molecular weight excluding hydrogens is 430 g/mol. The van der Waals surface area contributed by atoms with Gasteiger partial charge in [-0.2, -0.15) is 0 Å². The van der Waals surface area contributed by atoms with Gasteiger partial charge in [0.25, 0.3) is 11.8 Å². The van der Waals surface area contributed by atoms with Gasteiger partial charge in [0.2, 0.25) is 0 Å². The number of nitrogens with one attached hydrogen (secondary N) is 1. The highest BCUT2D eigenvalue weighted by Crippen LogP contribution is 2.30. The molecule has 1 N–H and O–H groups in total. The highest BCUT2D eigenvalue weighted by Gasteiger charge is 2.24. The van der Waals surface area contributed by atoms with Crippen LogP contribution < -0.4 is 10.2 Å². The molecule has 2 heterocycles. The van der Waals surface area contributed by atoms with Gasteiger partial charge in [0.1, 0.15) is 0 Å². The molecule has 5 nitrogen and oxygen atoms in total. The van der Waals surface area contributed by atoms with E-state index < -0.39 is 0 Å². The van der Waals surface area contributed by atoms with Gasteiger partial charge >= 0.3 is 0 Å². The average molecular weight is 454 g/mol. The molecule has 1 aliphatic rings. The van der Waals surface area contributed by atoms with Crippen molar-refractivity contribution in [1.29, 1.82) is 0 Å². The third kappa shape index (κ3) is 4.92. The number of rotatable bonds is 5. The minimum absolute atomic E-state index is 0.0887. The van der Waals surface area contributed by atoms with Crippen molar-refractivity contribution >= 4 is 46.1 Å². The summed E-state index contributed by atoms with van der Waals surface area (Å²) in [6.45, 7) is 4.82. The number of thiophene rings is 1. The third-order valence-corrected chi connectivity index (χ3v) is 6.63. The molecule has 160 valence electrons. The number of hydrogen-bond acceptors (Lipinski definition) is 4. The zero-order valence-electron chi connectivity index (χ0n) is 17.3. The first-order chi connectivity index (χ1) is 15.0. The number of piperazine rings is 1. The number of anilines is 2. The molecule has 2 aromatic carbocycles. The lowest BCUT2D eigenvalue weighted by Crippen LogP contribution is -2.48. The number of halogens is 1. The van der Waals surface area contributed by atoms with Gasteiger partial charge in [-0.05, 0) is 53.8 Å². The van der Waals surface area contributed by atoms with E-state index in [1.807, 2.05) is 58.8 Å². The summed E-state index contributed by atoms with van der Waals surface area (Å²) in [6.07, 6.45) is 0.940. The second-order valence-electron chi connectivity index (χ2n) is 7.43. The number of amides is 2. The Kier molecular flexibility index (Phi) is 6.59. The van der Waals surface area contributed by atoms with E-state index in [-0.39, 0.29) is 11.8 Å². The number of nitrogens with zero attached hydrogens (tertiary/aromatic N) is 2. The van der Waals surface area contributed by atoms with Crippen molar-refractivity contribution in [3.63, 3.8) is 0 Å². The predicted octanol–water partition coefficient (Wildman–Crippen LogP) is 5.18. The first-order valence-corrected chi connectivity index (χ1v) is 11.6. The fraction of sp³-hybridized carbons (Fsp3) is 0.250. The fourth-order valence-electron chi connectivity index (χ4n) is 3.64. The normalized spacial score (nSPS) is 13.9. The molecular formula is C24H24ClN3O2S. The molecule has 0 spiro atoms. The molecule has 2 amide bonds. The molecule has 3 aromatic rings.